The molecule has 0 aliphatic carbocycles. The van der Waals surface area contributed by atoms with Crippen molar-refractivity contribution in [1.29, 1.82) is 0 Å². The third-order valence-electron chi connectivity index (χ3n) is 4.73. The van der Waals surface area contributed by atoms with Crippen LogP contribution in [0.25, 0.3) is 16.9 Å². The van der Waals surface area contributed by atoms with Gasteiger partial charge in [-0.25, -0.2) is 4.98 Å². The Morgan fingerprint density at radius 1 is 0.889 bits per heavy atom. The summed E-state index contributed by atoms with van der Waals surface area (Å²) in [6.07, 6.45) is 2.09. The van der Waals surface area contributed by atoms with Crippen LogP contribution in [0, 0.1) is 13.8 Å². The molecule has 2 aromatic heterocycles. The molecule has 0 atom stereocenters. The fourth-order valence-corrected chi connectivity index (χ4v) is 3.29. The third kappa shape index (κ3) is 2.77. The number of fused-ring (bicyclic) bond motifs is 2. The summed E-state index contributed by atoms with van der Waals surface area (Å²) in [5.41, 5.74) is 6.21. The maximum Gasteiger partial charge on any atom is 0.231 e. The van der Waals surface area contributed by atoms with Crippen LogP contribution in [0.4, 0.5) is 11.5 Å². The normalized spacial score (nSPS) is 12.5. The number of nitrogens with zero attached hydrogens (tertiary/aromatic N) is 2. The highest BCUT2D eigenvalue weighted by atomic mass is 16.7. The van der Waals surface area contributed by atoms with Gasteiger partial charge in [0.2, 0.25) is 6.79 Å². The van der Waals surface area contributed by atoms with Crippen LogP contribution < -0.4 is 14.8 Å². The minimum atomic E-state index is 0.266. The van der Waals surface area contributed by atoms with Gasteiger partial charge in [-0.1, -0.05) is 35.9 Å². The monoisotopic (exact) mass is 357 g/mol. The third-order valence-corrected chi connectivity index (χ3v) is 4.73. The van der Waals surface area contributed by atoms with E-state index in [0.29, 0.717) is 0 Å². The van der Waals surface area contributed by atoms with Crippen molar-refractivity contribution in [3.8, 4) is 22.8 Å². The van der Waals surface area contributed by atoms with Gasteiger partial charge in [-0.2, -0.15) is 0 Å². The molecule has 5 heteroatoms. The maximum absolute atomic E-state index is 5.51. The quantitative estimate of drug-likeness (QED) is 0.555. The number of nitrogens with one attached hydrogen (secondary N) is 1. The number of pyridine rings is 1. The van der Waals surface area contributed by atoms with E-state index in [1.807, 2.05) is 24.3 Å². The smallest absolute Gasteiger partial charge is 0.231 e. The molecule has 0 saturated carbocycles. The van der Waals surface area contributed by atoms with Gasteiger partial charge in [-0.05, 0) is 37.6 Å². The lowest BCUT2D eigenvalue weighted by Gasteiger charge is -2.10. The molecule has 5 rings (SSSR count). The van der Waals surface area contributed by atoms with Crippen LogP contribution in [-0.2, 0) is 0 Å². The van der Waals surface area contributed by atoms with E-state index in [1.165, 1.54) is 11.1 Å². The van der Waals surface area contributed by atoms with Gasteiger partial charge in [-0.3, -0.25) is 4.40 Å². The summed E-state index contributed by atoms with van der Waals surface area (Å²) in [4.78, 5) is 4.87. The molecule has 134 valence electrons. The van der Waals surface area contributed by atoms with Crippen molar-refractivity contribution in [3.63, 3.8) is 0 Å². The molecule has 0 bridgehead atoms. The number of hydrogen-bond donors (Lipinski definition) is 1. The Labute approximate surface area is 157 Å². The average Bonchev–Trinajstić information content (AvgIpc) is 3.27. The summed E-state index contributed by atoms with van der Waals surface area (Å²) < 4.78 is 13.0. The number of anilines is 2. The van der Waals surface area contributed by atoms with E-state index in [1.54, 1.807) is 0 Å². The molecule has 5 nitrogen and oxygen atoms in total. The number of rotatable bonds is 3. The lowest BCUT2D eigenvalue weighted by molar-refractivity contribution is 0.174. The molecule has 3 heterocycles. The second-order valence-corrected chi connectivity index (χ2v) is 6.80. The summed E-state index contributed by atoms with van der Waals surface area (Å²) >= 11 is 0. The first-order valence-corrected chi connectivity index (χ1v) is 8.90. The van der Waals surface area contributed by atoms with Gasteiger partial charge < -0.3 is 14.8 Å². The van der Waals surface area contributed by atoms with Gasteiger partial charge in [0, 0.05) is 23.5 Å². The Balaban J connectivity index is 1.65. The Kier molecular flexibility index (Phi) is 3.53. The molecular weight excluding hydrogens is 338 g/mol. The molecule has 0 amide bonds. The molecule has 0 radical (unpaired) electrons. The summed E-state index contributed by atoms with van der Waals surface area (Å²) in [5.74, 6) is 2.45. The lowest BCUT2D eigenvalue weighted by atomic mass is 10.1. The minimum Gasteiger partial charge on any atom is -0.454 e. The number of imidazole rings is 1. The highest BCUT2D eigenvalue weighted by Gasteiger charge is 2.17. The molecule has 0 spiro atoms. The fraction of sp³-hybridized carbons (Fsp3) is 0.136. The van der Waals surface area contributed by atoms with Crippen LogP contribution in [0.2, 0.25) is 0 Å². The number of benzene rings is 2. The van der Waals surface area contributed by atoms with E-state index in [9.17, 15) is 0 Å². The van der Waals surface area contributed by atoms with Crippen LogP contribution in [-0.4, -0.2) is 16.2 Å². The van der Waals surface area contributed by atoms with E-state index in [-0.39, 0.29) is 6.79 Å². The Morgan fingerprint density at radius 2 is 1.67 bits per heavy atom. The predicted molar refractivity (Wildman–Crippen MR) is 106 cm³/mol. The second kappa shape index (κ2) is 6.06. The van der Waals surface area contributed by atoms with Crippen LogP contribution in [0.3, 0.4) is 0 Å². The summed E-state index contributed by atoms with van der Waals surface area (Å²) in [6, 6.07) is 18.4. The van der Waals surface area contributed by atoms with Gasteiger partial charge in [-0.15, -0.1) is 0 Å². The molecule has 0 unspecified atom stereocenters. The van der Waals surface area contributed by atoms with Gasteiger partial charge in [0.25, 0.3) is 0 Å². The number of aryl methyl sites for hydroxylation is 2. The molecule has 27 heavy (non-hydrogen) atoms. The second-order valence-electron chi connectivity index (χ2n) is 6.80. The summed E-state index contributed by atoms with van der Waals surface area (Å²) in [7, 11) is 0. The molecule has 0 saturated heterocycles. The van der Waals surface area contributed by atoms with Crippen molar-refractivity contribution in [2.45, 2.75) is 13.8 Å². The number of ether oxygens (including phenoxy) is 2. The topological polar surface area (TPSA) is 47.8 Å². The summed E-state index contributed by atoms with van der Waals surface area (Å²) in [6.45, 7) is 4.43. The van der Waals surface area contributed by atoms with Crippen molar-refractivity contribution < 1.29 is 9.47 Å². The standard InChI is InChI=1S/C22H19N3O2/c1-14-3-6-16(7-4-14)21-22(25-12-15(2)5-10-20(25)24-21)23-17-8-9-18-19(11-17)27-13-26-18/h3-12,23H,13H2,1-2H3. The lowest BCUT2D eigenvalue weighted by Crippen LogP contribution is -1.97. The Bertz CT molecular complexity index is 1150. The van der Waals surface area contributed by atoms with Crippen LogP contribution >= 0.6 is 0 Å². The average molecular weight is 357 g/mol. The maximum atomic E-state index is 5.51. The van der Waals surface area contributed by atoms with Crippen molar-refractivity contribution in [3.05, 3.63) is 71.9 Å². The van der Waals surface area contributed by atoms with E-state index >= 15 is 0 Å². The molecule has 1 aliphatic heterocycles. The SMILES string of the molecule is Cc1ccc(-c2nc3ccc(C)cn3c2Nc2ccc3c(c2)OCO3)cc1. The van der Waals surface area contributed by atoms with E-state index in [0.717, 1.165) is 39.9 Å². The molecule has 0 fully saturated rings. The number of aromatic nitrogens is 2. The number of hydrogen-bond acceptors (Lipinski definition) is 4. The zero-order valence-electron chi connectivity index (χ0n) is 15.2. The van der Waals surface area contributed by atoms with E-state index in [2.05, 4.69) is 60.1 Å². The summed E-state index contributed by atoms with van der Waals surface area (Å²) in [5, 5.41) is 3.53. The van der Waals surface area contributed by atoms with Crippen molar-refractivity contribution in [2.75, 3.05) is 12.1 Å². The van der Waals surface area contributed by atoms with E-state index < -0.39 is 0 Å². The first kappa shape index (κ1) is 15.8. The van der Waals surface area contributed by atoms with Crippen LogP contribution in [0.5, 0.6) is 11.5 Å². The van der Waals surface area contributed by atoms with Crippen molar-refractivity contribution >= 4 is 17.2 Å². The zero-order valence-corrected chi connectivity index (χ0v) is 15.2. The van der Waals surface area contributed by atoms with E-state index in [4.69, 9.17) is 14.5 Å². The molecule has 4 aromatic rings. The van der Waals surface area contributed by atoms with Gasteiger partial charge in [0.15, 0.2) is 11.5 Å². The largest absolute Gasteiger partial charge is 0.454 e. The van der Waals surface area contributed by atoms with Gasteiger partial charge in [0.05, 0.1) is 0 Å². The predicted octanol–water partition coefficient (Wildman–Crippen LogP) is 5.09. The molecular formula is C22H19N3O2. The van der Waals surface area contributed by atoms with Crippen molar-refractivity contribution in [1.82, 2.24) is 9.38 Å². The highest BCUT2D eigenvalue weighted by molar-refractivity contribution is 5.80. The fourth-order valence-electron chi connectivity index (χ4n) is 3.29. The van der Waals surface area contributed by atoms with Gasteiger partial charge in [0.1, 0.15) is 17.2 Å². The Morgan fingerprint density at radius 3 is 2.52 bits per heavy atom. The van der Waals surface area contributed by atoms with Crippen LogP contribution in [0.15, 0.2) is 60.8 Å². The Hall–Kier alpha value is -3.47. The van der Waals surface area contributed by atoms with Crippen LogP contribution in [0.1, 0.15) is 11.1 Å². The first-order chi connectivity index (χ1) is 13.2. The highest BCUT2D eigenvalue weighted by Crippen LogP contribution is 2.37. The minimum absolute atomic E-state index is 0.266. The zero-order chi connectivity index (χ0) is 18.4. The van der Waals surface area contributed by atoms with Gasteiger partial charge >= 0.3 is 0 Å². The molecule has 1 aliphatic rings. The van der Waals surface area contributed by atoms with Crippen molar-refractivity contribution in [2.24, 2.45) is 0 Å². The molecule has 1 N–H and O–H groups in total. The molecule has 2 aromatic carbocycles. The first-order valence-electron chi connectivity index (χ1n) is 8.90.